The van der Waals surface area contributed by atoms with E-state index in [1.165, 1.54) is 12.1 Å². The lowest BCUT2D eigenvalue weighted by atomic mass is 10.0. The number of benzene rings is 2. The van der Waals surface area contributed by atoms with E-state index in [0.717, 1.165) is 16.7 Å². The molecule has 17 heavy (non-hydrogen) atoms. The molecule has 0 heterocycles. The zero-order valence-corrected chi connectivity index (χ0v) is 10.4. The molecule has 0 aliphatic carbocycles. The van der Waals surface area contributed by atoms with Gasteiger partial charge in [-0.3, -0.25) is 0 Å². The lowest BCUT2D eigenvalue weighted by molar-refractivity contribution is 0.628. The fourth-order valence-corrected chi connectivity index (χ4v) is 1.64. The van der Waals surface area contributed by atoms with E-state index in [4.69, 9.17) is 5.73 Å². The molecule has 0 bridgehead atoms. The largest absolute Gasteiger partial charge is 0.324 e. The van der Waals surface area contributed by atoms with Crippen molar-refractivity contribution < 1.29 is 4.39 Å². The molecule has 0 amide bonds. The van der Waals surface area contributed by atoms with Gasteiger partial charge in [0.1, 0.15) is 5.82 Å². The SMILES string of the molecule is C[C@H](N)c1cccc(-c2ccc(F)cc2)c1.Cl. The van der Waals surface area contributed by atoms with Gasteiger partial charge < -0.3 is 5.73 Å². The van der Waals surface area contributed by atoms with Crippen molar-refractivity contribution >= 4 is 12.4 Å². The van der Waals surface area contributed by atoms with Gasteiger partial charge in [-0.15, -0.1) is 12.4 Å². The molecule has 2 N–H and O–H groups in total. The van der Waals surface area contributed by atoms with Gasteiger partial charge in [-0.1, -0.05) is 30.3 Å². The molecule has 0 radical (unpaired) electrons. The van der Waals surface area contributed by atoms with Crippen LogP contribution in [-0.2, 0) is 0 Å². The molecular formula is C14H15ClFN. The quantitative estimate of drug-likeness (QED) is 0.860. The van der Waals surface area contributed by atoms with Crippen molar-refractivity contribution in [1.29, 1.82) is 0 Å². The molecule has 0 spiro atoms. The van der Waals surface area contributed by atoms with Gasteiger partial charge in [-0.05, 0) is 41.8 Å². The highest BCUT2D eigenvalue weighted by Gasteiger charge is 2.02. The second-order valence-electron chi connectivity index (χ2n) is 3.92. The van der Waals surface area contributed by atoms with E-state index >= 15 is 0 Å². The van der Waals surface area contributed by atoms with E-state index in [-0.39, 0.29) is 24.3 Å². The predicted molar refractivity (Wildman–Crippen MR) is 71.7 cm³/mol. The second-order valence-corrected chi connectivity index (χ2v) is 3.92. The van der Waals surface area contributed by atoms with Crippen LogP contribution in [0, 0.1) is 5.82 Å². The van der Waals surface area contributed by atoms with Crippen LogP contribution in [0.1, 0.15) is 18.5 Å². The fourth-order valence-electron chi connectivity index (χ4n) is 1.64. The zero-order chi connectivity index (χ0) is 11.5. The van der Waals surface area contributed by atoms with Crippen molar-refractivity contribution in [3.8, 4) is 11.1 Å². The van der Waals surface area contributed by atoms with Gasteiger partial charge in [0, 0.05) is 6.04 Å². The summed E-state index contributed by atoms with van der Waals surface area (Å²) in [5, 5.41) is 0. The van der Waals surface area contributed by atoms with Crippen molar-refractivity contribution in [2.75, 3.05) is 0 Å². The molecule has 1 atom stereocenters. The van der Waals surface area contributed by atoms with Crippen molar-refractivity contribution in [1.82, 2.24) is 0 Å². The Hall–Kier alpha value is -1.38. The average Bonchev–Trinajstić information content (AvgIpc) is 2.30. The lowest BCUT2D eigenvalue weighted by Crippen LogP contribution is -2.04. The molecule has 0 saturated heterocycles. The van der Waals surface area contributed by atoms with Crippen LogP contribution in [-0.4, -0.2) is 0 Å². The van der Waals surface area contributed by atoms with Crippen LogP contribution in [0.25, 0.3) is 11.1 Å². The Labute approximate surface area is 107 Å². The number of halogens is 2. The van der Waals surface area contributed by atoms with Gasteiger partial charge in [0.05, 0.1) is 0 Å². The maximum atomic E-state index is 12.8. The summed E-state index contributed by atoms with van der Waals surface area (Å²) in [7, 11) is 0. The monoisotopic (exact) mass is 251 g/mol. The van der Waals surface area contributed by atoms with Crippen LogP contribution in [0.4, 0.5) is 4.39 Å². The predicted octanol–water partition coefficient (Wildman–Crippen LogP) is 3.93. The van der Waals surface area contributed by atoms with Crippen LogP contribution in [0.15, 0.2) is 48.5 Å². The molecule has 0 aliphatic rings. The Balaban J connectivity index is 0.00000144. The third-order valence-corrected chi connectivity index (χ3v) is 2.59. The Bertz CT molecular complexity index is 480. The van der Waals surface area contributed by atoms with Crippen LogP contribution < -0.4 is 5.73 Å². The highest BCUT2D eigenvalue weighted by Crippen LogP contribution is 2.22. The fraction of sp³-hybridized carbons (Fsp3) is 0.143. The third kappa shape index (κ3) is 3.29. The van der Waals surface area contributed by atoms with Gasteiger partial charge in [0.15, 0.2) is 0 Å². The van der Waals surface area contributed by atoms with Crippen LogP contribution in [0.5, 0.6) is 0 Å². The summed E-state index contributed by atoms with van der Waals surface area (Å²) in [5.74, 6) is -0.216. The molecule has 90 valence electrons. The van der Waals surface area contributed by atoms with Gasteiger partial charge in [0.25, 0.3) is 0 Å². The van der Waals surface area contributed by atoms with E-state index < -0.39 is 0 Å². The summed E-state index contributed by atoms with van der Waals surface area (Å²) < 4.78 is 12.8. The molecule has 0 fully saturated rings. The molecule has 0 unspecified atom stereocenters. The maximum absolute atomic E-state index is 12.8. The number of hydrogen-bond donors (Lipinski definition) is 1. The first kappa shape index (κ1) is 13.7. The van der Waals surface area contributed by atoms with Crippen molar-refractivity contribution in [2.24, 2.45) is 5.73 Å². The van der Waals surface area contributed by atoms with E-state index in [9.17, 15) is 4.39 Å². The van der Waals surface area contributed by atoms with Crippen molar-refractivity contribution in [3.63, 3.8) is 0 Å². The Morgan fingerprint density at radius 1 is 1.00 bits per heavy atom. The van der Waals surface area contributed by atoms with Gasteiger partial charge in [-0.2, -0.15) is 0 Å². The summed E-state index contributed by atoms with van der Waals surface area (Å²) >= 11 is 0. The average molecular weight is 252 g/mol. The summed E-state index contributed by atoms with van der Waals surface area (Å²) in [4.78, 5) is 0. The topological polar surface area (TPSA) is 26.0 Å². The van der Waals surface area contributed by atoms with E-state index in [2.05, 4.69) is 0 Å². The zero-order valence-electron chi connectivity index (χ0n) is 9.56. The lowest BCUT2D eigenvalue weighted by Gasteiger charge is -2.08. The Morgan fingerprint density at radius 2 is 1.65 bits per heavy atom. The smallest absolute Gasteiger partial charge is 0.123 e. The van der Waals surface area contributed by atoms with Gasteiger partial charge in [0.2, 0.25) is 0 Å². The van der Waals surface area contributed by atoms with Crippen LogP contribution in [0.2, 0.25) is 0 Å². The molecule has 0 aromatic heterocycles. The molecule has 0 saturated carbocycles. The summed E-state index contributed by atoms with van der Waals surface area (Å²) in [6, 6.07) is 14.5. The summed E-state index contributed by atoms with van der Waals surface area (Å²) in [6.07, 6.45) is 0. The third-order valence-electron chi connectivity index (χ3n) is 2.59. The van der Waals surface area contributed by atoms with E-state index in [1.807, 2.05) is 31.2 Å². The van der Waals surface area contributed by atoms with Crippen molar-refractivity contribution in [2.45, 2.75) is 13.0 Å². The summed E-state index contributed by atoms with van der Waals surface area (Å²) in [6.45, 7) is 1.95. The minimum absolute atomic E-state index is 0. The normalized spacial score (nSPS) is 11.7. The first-order valence-electron chi connectivity index (χ1n) is 5.28. The van der Waals surface area contributed by atoms with E-state index in [0.29, 0.717) is 0 Å². The standard InChI is InChI=1S/C14H14FN.ClH/c1-10(16)12-3-2-4-13(9-12)11-5-7-14(15)8-6-11;/h2-10H,16H2,1H3;1H/t10-;/m0./s1. The van der Waals surface area contributed by atoms with Crippen LogP contribution in [0.3, 0.4) is 0 Å². The molecule has 0 aliphatic heterocycles. The number of rotatable bonds is 2. The van der Waals surface area contributed by atoms with Gasteiger partial charge >= 0.3 is 0 Å². The Kier molecular flexibility index (Phi) is 4.67. The maximum Gasteiger partial charge on any atom is 0.123 e. The highest BCUT2D eigenvalue weighted by atomic mass is 35.5. The molecule has 2 aromatic rings. The second kappa shape index (κ2) is 5.80. The van der Waals surface area contributed by atoms with Crippen LogP contribution >= 0.6 is 12.4 Å². The number of hydrogen-bond acceptors (Lipinski definition) is 1. The molecule has 1 nitrogen and oxygen atoms in total. The highest BCUT2D eigenvalue weighted by molar-refractivity contribution is 5.85. The Morgan fingerprint density at radius 3 is 2.24 bits per heavy atom. The first-order valence-corrected chi connectivity index (χ1v) is 5.28. The molecule has 2 rings (SSSR count). The van der Waals surface area contributed by atoms with Crippen molar-refractivity contribution in [3.05, 3.63) is 59.9 Å². The minimum atomic E-state index is -0.216. The number of nitrogens with two attached hydrogens (primary N) is 1. The van der Waals surface area contributed by atoms with E-state index in [1.54, 1.807) is 12.1 Å². The minimum Gasteiger partial charge on any atom is -0.324 e. The molecule has 2 aromatic carbocycles. The molecule has 3 heteroatoms. The van der Waals surface area contributed by atoms with Gasteiger partial charge in [-0.25, -0.2) is 4.39 Å². The first-order chi connectivity index (χ1) is 7.66. The molecular weight excluding hydrogens is 237 g/mol. The summed E-state index contributed by atoms with van der Waals surface area (Å²) in [5.41, 5.74) is 8.98.